The van der Waals surface area contributed by atoms with Crippen molar-refractivity contribution in [2.75, 3.05) is 80.2 Å². The monoisotopic (exact) mass is 457 g/mol. The number of rotatable bonds is 17. The zero-order valence-electron chi connectivity index (χ0n) is 20.3. The van der Waals surface area contributed by atoms with E-state index in [-0.39, 0.29) is 17.9 Å². The number of hydrogen-bond donors (Lipinski definition) is 0. The third-order valence-electron chi connectivity index (χ3n) is 5.97. The largest absolute Gasteiger partial charge is 0.469 e. The van der Waals surface area contributed by atoms with E-state index in [2.05, 4.69) is 19.4 Å². The molecular weight excluding hydrogens is 414 g/mol. The Bertz CT molecular complexity index is 518. The fourth-order valence-corrected chi connectivity index (χ4v) is 3.85. The van der Waals surface area contributed by atoms with Gasteiger partial charge in [0, 0.05) is 45.7 Å². The van der Waals surface area contributed by atoms with Gasteiger partial charge in [-0.05, 0) is 38.9 Å². The SMILES string of the molecule is COC(=O)CCCCCCN1CCN(CCCN(CCC(=O)OC)CCC(=O)OC)CC1. The number of carbonyl (C=O) groups excluding carboxylic acids is 3. The van der Waals surface area contributed by atoms with Crippen LogP contribution in [0, 0.1) is 0 Å². The number of ether oxygens (including phenoxy) is 3. The summed E-state index contributed by atoms with van der Waals surface area (Å²) >= 11 is 0. The number of esters is 3. The van der Waals surface area contributed by atoms with Crippen molar-refractivity contribution in [1.29, 1.82) is 0 Å². The lowest BCUT2D eigenvalue weighted by Gasteiger charge is -2.35. The van der Waals surface area contributed by atoms with Crippen molar-refractivity contribution in [3.63, 3.8) is 0 Å². The van der Waals surface area contributed by atoms with Gasteiger partial charge in [-0.1, -0.05) is 12.8 Å². The number of hydrogen-bond acceptors (Lipinski definition) is 9. The fourth-order valence-electron chi connectivity index (χ4n) is 3.85. The van der Waals surface area contributed by atoms with E-state index in [4.69, 9.17) is 9.47 Å². The number of piperazine rings is 1. The summed E-state index contributed by atoms with van der Waals surface area (Å²) < 4.78 is 14.1. The first kappa shape index (κ1) is 28.3. The summed E-state index contributed by atoms with van der Waals surface area (Å²) in [5.74, 6) is -0.573. The molecule has 0 aromatic rings. The molecule has 1 saturated heterocycles. The molecule has 1 aliphatic heterocycles. The highest BCUT2D eigenvalue weighted by molar-refractivity contribution is 5.70. The molecule has 0 aliphatic carbocycles. The van der Waals surface area contributed by atoms with Crippen LogP contribution in [0.5, 0.6) is 0 Å². The molecule has 0 atom stereocenters. The van der Waals surface area contributed by atoms with Gasteiger partial charge in [0.1, 0.15) is 0 Å². The lowest BCUT2D eigenvalue weighted by molar-refractivity contribution is -0.142. The van der Waals surface area contributed by atoms with Gasteiger partial charge in [0.05, 0.1) is 34.2 Å². The number of unbranched alkanes of at least 4 members (excludes halogenated alkanes) is 3. The molecule has 32 heavy (non-hydrogen) atoms. The molecule has 9 nitrogen and oxygen atoms in total. The first-order valence-corrected chi connectivity index (χ1v) is 11.9. The summed E-state index contributed by atoms with van der Waals surface area (Å²) in [5, 5.41) is 0. The van der Waals surface area contributed by atoms with Crippen molar-refractivity contribution in [3.05, 3.63) is 0 Å². The Morgan fingerprint density at radius 2 is 1.03 bits per heavy atom. The molecule has 0 aromatic heterocycles. The third-order valence-corrected chi connectivity index (χ3v) is 5.97. The molecule has 1 fully saturated rings. The summed E-state index contributed by atoms with van der Waals surface area (Å²) in [6.07, 6.45) is 6.52. The van der Waals surface area contributed by atoms with Crippen LogP contribution in [-0.2, 0) is 28.6 Å². The van der Waals surface area contributed by atoms with E-state index in [0.717, 1.165) is 71.5 Å². The van der Waals surface area contributed by atoms with E-state index < -0.39 is 0 Å². The van der Waals surface area contributed by atoms with Crippen molar-refractivity contribution in [1.82, 2.24) is 14.7 Å². The van der Waals surface area contributed by atoms with E-state index in [9.17, 15) is 14.4 Å². The summed E-state index contributed by atoms with van der Waals surface area (Å²) in [6.45, 7) is 8.52. The van der Waals surface area contributed by atoms with Crippen LogP contribution in [0.4, 0.5) is 0 Å². The van der Waals surface area contributed by atoms with E-state index in [1.54, 1.807) is 0 Å². The third kappa shape index (κ3) is 13.6. The Morgan fingerprint density at radius 3 is 1.53 bits per heavy atom. The van der Waals surface area contributed by atoms with Crippen LogP contribution >= 0.6 is 0 Å². The highest BCUT2D eigenvalue weighted by atomic mass is 16.5. The zero-order valence-corrected chi connectivity index (χ0v) is 20.3. The molecule has 0 amide bonds. The number of carbonyl (C=O) groups is 3. The van der Waals surface area contributed by atoms with Crippen LogP contribution in [0.25, 0.3) is 0 Å². The maximum Gasteiger partial charge on any atom is 0.306 e. The molecule has 0 radical (unpaired) electrons. The van der Waals surface area contributed by atoms with Gasteiger partial charge in [0.2, 0.25) is 0 Å². The molecule has 9 heteroatoms. The van der Waals surface area contributed by atoms with Crippen LogP contribution in [-0.4, -0.2) is 113 Å². The molecule has 1 aliphatic rings. The van der Waals surface area contributed by atoms with Gasteiger partial charge < -0.3 is 28.9 Å². The molecule has 0 unspecified atom stereocenters. The quantitative estimate of drug-likeness (QED) is 0.183. The minimum absolute atomic E-state index is 0.115. The van der Waals surface area contributed by atoms with Crippen LogP contribution in [0.3, 0.4) is 0 Å². The van der Waals surface area contributed by atoms with Crippen molar-refractivity contribution in [3.8, 4) is 0 Å². The Labute approximate surface area is 193 Å². The van der Waals surface area contributed by atoms with Crippen molar-refractivity contribution in [2.45, 2.75) is 51.4 Å². The van der Waals surface area contributed by atoms with E-state index >= 15 is 0 Å². The fraction of sp³-hybridized carbons (Fsp3) is 0.870. The smallest absolute Gasteiger partial charge is 0.306 e. The summed E-state index contributed by atoms with van der Waals surface area (Å²) in [5.41, 5.74) is 0. The minimum Gasteiger partial charge on any atom is -0.469 e. The van der Waals surface area contributed by atoms with Crippen molar-refractivity contribution < 1.29 is 28.6 Å². The van der Waals surface area contributed by atoms with Gasteiger partial charge in [0.25, 0.3) is 0 Å². The second-order valence-corrected chi connectivity index (χ2v) is 8.27. The Kier molecular flexibility index (Phi) is 15.8. The zero-order chi connectivity index (χ0) is 23.6. The van der Waals surface area contributed by atoms with Crippen LogP contribution in [0.1, 0.15) is 51.4 Å². The van der Waals surface area contributed by atoms with Crippen LogP contribution in [0.2, 0.25) is 0 Å². The molecule has 0 N–H and O–H groups in total. The average Bonchev–Trinajstić information content (AvgIpc) is 2.82. The molecular formula is C23H43N3O6. The van der Waals surface area contributed by atoms with Crippen molar-refractivity contribution in [2.24, 2.45) is 0 Å². The second-order valence-electron chi connectivity index (χ2n) is 8.27. The molecule has 0 saturated carbocycles. The topological polar surface area (TPSA) is 88.6 Å². The van der Waals surface area contributed by atoms with Crippen molar-refractivity contribution >= 4 is 17.9 Å². The summed E-state index contributed by atoms with van der Waals surface area (Å²) in [7, 11) is 4.23. The predicted molar refractivity (Wildman–Crippen MR) is 122 cm³/mol. The van der Waals surface area contributed by atoms with Crippen LogP contribution in [0.15, 0.2) is 0 Å². The van der Waals surface area contributed by atoms with Gasteiger partial charge >= 0.3 is 17.9 Å². The van der Waals surface area contributed by atoms with Gasteiger partial charge in [-0.25, -0.2) is 0 Å². The molecule has 186 valence electrons. The molecule has 0 bridgehead atoms. The molecule has 0 aromatic carbocycles. The van der Waals surface area contributed by atoms with Gasteiger partial charge in [-0.3, -0.25) is 14.4 Å². The maximum absolute atomic E-state index is 11.5. The summed E-state index contributed by atoms with van der Waals surface area (Å²) in [6, 6.07) is 0. The predicted octanol–water partition coefficient (Wildman–Crippen LogP) is 1.55. The minimum atomic E-state index is -0.229. The number of nitrogens with zero attached hydrogens (tertiary/aromatic N) is 3. The van der Waals surface area contributed by atoms with Crippen LogP contribution < -0.4 is 0 Å². The van der Waals surface area contributed by atoms with E-state index in [0.29, 0.717) is 32.4 Å². The lowest BCUT2D eigenvalue weighted by Crippen LogP contribution is -2.47. The Morgan fingerprint density at radius 1 is 0.594 bits per heavy atom. The van der Waals surface area contributed by atoms with E-state index in [1.165, 1.54) is 27.8 Å². The Hall–Kier alpha value is -1.71. The first-order chi connectivity index (χ1) is 15.5. The Balaban J connectivity index is 2.16. The molecule has 1 heterocycles. The standard InChI is InChI=1S/C23H43N3O6/c1-30-21(27)9-6-4-5-7-12-25-17-19-26(20-18-25)14-8-13-24(15-10-22(28)31-2)16-11-23(29)32-3/h4-20H2,1-3H3. The van der Waals surface area contributed by atoms with E-state index in [1.807, 2.05) is 0 Å². The van der Waals surface area contributed by atoms with Gasteiger partial charge in [-0.15, -0.1) is 0 Å². The highest BCUT2D eigenvalue weighted by Crippen LogP contribution is 2.08. The highest BCUT2D eigenvalue weighted by Gasteiger charge is 2.17. The normalized spacial score (nSPS) is 15.0. The second kappa shape index (κ2) is 17.8. The first-order valence-electron chi connectivity index (χ1n) is 11.9. The molecule has 1 rings (SSSR count). The average molecular weight is 458 g/mol. The lowest BCUT2D eigenvalue weighted by atomic mass is 10.1. The van der Waals surface area contributed by atoms with Gasteiger partial charge in [-0.2, -0.15) is 0 Å². The molecule has 0 spiro atoms. The maximum atomic E-state index is 11.5. The van der Waals surface area contributed by atoms with Gasteiger partial charge in [0.15, 0.2) is 0 Å². The summed E-state index contributed by atoms with van der Waals surface area (Å²) in [4.78, 5) is 41.2. The number of methoxy groups -OCH3 is 3.